The SMILES string of the molecule is CC(=O)Oc1cccc(C(=O)N2CCC(NS(=O)(=O)c3ccc([N+](=O)[O-])cc3)CC2)c1. The number of rotatable bonds is 6. The fraction of sp³-hybridized carbons (Fsp3) is 0.300. The fourth-order valence-electron chi connectivity index (χ4n) is 3.28. The lowest BCUT2D eigenvalue weighted by molar-refractivity contribution is -0.384. The summed E-state index contributed by atoms with van der Waals surface area (Å²) < 4.78 is 32.7. The van der Waals surface area contributed by atoms with Gasteiger partial charge in [0, 0.05) is 43.8 Å². The molecule has 3 rings (SSSR count). The minimum absolute atomic E-state index is 0.0566. The van der Waals surface area contributed by atoms with Crippen LogP contribution >= 0.6 is 0 Å². The van der Waals surface area contributed by atoms with E-state index in [9.17, 15) is 28.1 Å². The zero-order valence-corrected chi connectivity index (χ0v) is 17.5. The van der Waals surface area contributed by atoms with E-state index in [-0.39, 0.29) is 28.3 Å². The molecule has 2 aromatic carbocycles. The maximum absolute atomic E-state index is 12.7. The predicted octanol–water partition coefficient (Wildman–Crippen LogP) is 2.10. The number of piperidine rings is 1. The highest BCUT2D eigenvalue weighted by atomic mass is 32.2. The number of amides is 1. The number of sulfonamides is 1. The number of esters is 1. The van der Waals surface area contributed by atoms with Crippen LogP contribution in [0.5, 0.6) is 5.75 Å². The molecule has 1 N–H and O–H groups in total. The highest BCUT2D eigenvalue weighted by molar-refractivity contribution is 7.89. The quantitative estimate of drug-likeness (QED) is 0.310. The molecule has 0 spiro atoms. The van der Waals surface area contributed by atoms with E-state index in [1.54, 1.807) is 23.1 Å². The van der Waals surface area contributed by atoms with Crippen molar-refractivity contribution in [1.82, 2.24) is 9.62 Å². The minimum atomic E-state index is -3.83. The van der Waals surface area contributed by atoms with Crippen LogP contribution in [0.3, 0.4) is 0 Å². The lowest BCUT2D eigenvalue weighted by atomic mass is 10.0. The van der Waals surface area contributed by atoms with Gasteiger partial charge in [0.2, 0.25) is 10.0 Å². The van der Waals surface area contributed by atoms with Crippen LogP contribution in [0, 0.1) is 10.1 Å². The van der Waals surface area contributed by atoms with Crippen LogP contribution in [0.1, 0.15) is 30.1 Å². The van der Waals surface area contributed by atoms with Gasteiger partial charge in [-0.05, 0) is 43.2 Å². The van der Waals surface area contributed by atoms with E-state index < -0.39 is 20.9 Å². The van der Waals surface area contributed by atoms with Crippen LogP contribution in [0.2, 0.25) is 0 Å². The van der Waals surface area contributed by atoms with Crippen LogP contribution in [-0.4, -0.2) is 49.2 Å². The first-order chi connectivity index (χ1) is 14.7. The van der Waals surface area contributed by atoms with Crippen LogP contribution in [0.25, 0.3) is 0 Å². The van der Waals surface area contributed by atoms with E-state index in [1.807, 2.05) is 0 Å². The Kier molecular flexibility index (Phi) is 6.66. The first-order valence-corrected chi connectivity index (χ1v) is 11.0. The molecule has 2 aromatic rings. The predicted molar refractivity (Wildman–Crippen MR) is 110 cm³/mol. The number of nitro groups is 1. The van der Waals surface area contributed by atoms with Gasteiger partial charge in [0.1, 0.15) is 5.75 Å². The van der Waals surface area contributed by atoms with Crippen molar-refractivity contribution in [2.24, 2.45) is 0 Å². The minimum Gasteiger partial charge on any atom is -0.427 e. The molecule has 0 saturated carbocycles. The second kappa shape index (κ2) is 9.23. The number of non-ortho nitro benzene ring substituents is 1. The van der Waals surface area contributed by atoms with Crippen molar-refractivity contribution >= 4 is 27.6 Å². The highest BCUT2D eigenvalue weighted by Crippen LogP contribution is 2.20. The summed E-state index contributed by atoms with van der Waals surface area (Å²) in [5, 5.41) is 10.7. The van der Waals surface area contributed by atoms with E-state index in [2.05, 4.69) is 4.72 Å². The van der Waals surface area contributed by atoms with Crippen molar-refractivity contribution in [3.63, 3.8) is 0 Å². The third-order valence-corrected chi connectivity index (χ3v) is 6.34. The normalized spacial score (nSPS) is 14.8. The molecule has 1 saturated heterocycles. The summed E-state index contributed by atoms with van der Waals surface area (Å²) in [6.45, 7) is 1.98. The first kappa shape index (κ1) is 22.4. The van der Waals surface area contributed by atoms with E-state index >= 15 is 0 Å². The van der Waals surface area contributed by atoms with Crippen molar-refractivity contribution < 1.29 is 27.7 Å². The maximum atomic E-state index is 12.7. The van der Waals surface area contributed by atoms with Crippen molar-refractivity contribution in [3.05, 3.63) is 64.2 Å². The van der Waals surface area contributed by atoms with Crippen molar-refractivity contribution in [2.45, 2.75) is 30.7 Å². The van der Waals surface area contributed by atoms with E-state index in [4.69, 9.17) is 4.74 Å². The Bertz CT molecular complexity index is 1090. The number of likely N-dealkylation sites (tertiary alicyclic amines) is 1. The van der Waals surface area contributed by atoms with E-state index in [0.717, 1.165) is 12.1 Å². The summed E-state index contributed by atoms with van der Waals surface area (Å²) >= 11 is 0. The Morgan fingerprint density at radius 3 is 2.35 bits per heavy atom. The number of benzene rings is 2. The van der Waals surface area contributed by atoms with Gasteiger partial charge in [-0.25, -0.2) is 13.1 Å². The molecular formula is C20H21N3O7S. The van der Waals surface area contributed by atoms with Gasteiger partial charge in [-0.3, -0.25) is 19.7 Å². The van der Waals surface area contributed by atoms with Crippen LogP contribution in [0.15, 0.2) is 53.4 Å². The average Bonchev–Trinajstić information content (AvgIpc) is 2.73. The summed E-state index contributed by atoms with van der Waals surface area (Å²) in [7, 11) is -3.83. The van der Waals surface area contributed by atoms with Gasteiger partial charge in [-0.2, -0.15) is 0 Å². The smallest absolute Gasteiger partial charge is 0.308 e. The zero-order valence-electron chi connectivity index (χ0n) is 16.7. The lowest BCUT2D eigenvalue weighted by Gasteiger charge is -2.32. The molecule has 1 heterocycles. The average molecular weight is 447 g/mol. The summed E-state index contributed by atoms with van der Waals surface area (Å²) in [6, 6.07) is 10.6. The van der Waals surface area contributed by atoms with Crippen molar-refractivity contribution in [1.29, 1.82) is 0 Å². The Hall–Kier alpha value is -3.31. The molecule has 164 valence electrons. The van der Waals surface area contributed by atoms with Crippen molar-refractivity contribution in [3.8, 4) is 5.75 Å². The van der Waals surface area contributed by atoms with Crippen LogP contribution < -0.4 is 9.46 Å². The van der Waals surface area contributed by atoms with E-state index in [1.165, 1.54) is 25.1 Å². The summed E-state index contributed by atoms with van der Waals surface area (Å²) in [5.74, 6) is -0.430. The monoisotopic (exact) mass is 447 g/mol. The van der Waals surface area contributed by atoms with Gasteiger partial charge in [0.25, 0.3) is 11.6 Å². The molecule has 11 heteroatoms. The van der Waals surface area contributed by atoms with Crippen molar-refractivity contribution in [2.75, 3.05) is 13.1 Å². The molecule has 0 unspecified atom stereocenters. The summed E-state index contributed by atoms with van der Waals surface area (Å²) in [4.78, 5) is 35.5. The zero-order chi connectivity index (χ0) is 22.6. The van der Waals surface area contributed by atoms with Gasteiger partial charge in [0.15, 0.2) is 0 Å². The maximum Gasteiger partial charge on any atom is 0.308 e. The fourth-order valence-corrected chi connectivity index (χ4v) is 4.58. The van der Waals surface area contributed by atoms with E-state index in [0.29, 0.717) is 31.5 Å². The Labute approximate surface area is 179 Å². The largest absolute Gasteiger partial charge is 0.427 e. The molecule has 1 fully saturated rings. The molecule has 0 atom stereocenters. The number of carbonyl (C=O) groups excluding carboxylic acids is 2. The number of hydrogen-bond acceptors (Lipinski definition) is 7. The molecule has 31 heavy (non-hydrogen) atoms. The number of nitrogens with one attached hydrogen (secondary N) is 1. The molecule has 1 amide bonds. The molecule has 0 radical (unpaired) electrons. The first-order valence-electron chi connectivity index (χ1n) is 9.50. The third-order valence-electron chi connectivity index (χ3n) is 4.80. The second-order valence-corrected chi connectivity index (χ2v) is 8.77. The molecule has 1 aliphatic heterocycles. The lowest BCUT2D eigenvalue weighted by Crippen LogP contribution is -2.46. The Balaban J connectivity index is 1.59. The number of carbonyl (C=O) groups is 2. The molecule has 0 bridgehead atoms. The highest BCUT2D eigenvalue weighted by Gasteiger charge is 2.27. The molecule has 1 aliphatic rings. The number of nitrogens with zero attached hydrogens (tertiary/aromatic N) is 2. The van der Waals surface area contributed by atoms with Gasteiger partial charge in [0.05, 0.1) is 9.82 Å². The second-order valence-electron chi connectivity index (χ2n) is 7.06. The third kappa shape index (κ3) is 5.64. The Morgan fingerprint density at radius 1 is 1.13 bits per heavy atom. The van der Waals surface area contributed by atoms with Gasteiger partial charge in [-0.1, -0.05) is 6.07 Å². The molecular weight excluding hydrogens is 426 g/mol. The van der Waals surface area contributed by atoms with Crippen LogP contribution in [0.4, 0.5) is 5.69 Å². The molecule has 0 aromatic heterocycles. The summed E-state index contributed by atoms with van der Waals surface area (Å²) in [6.07, 6.45) is 0.836. The number of ether oxygens (including phenoxy) is 1. The number of hydrogen-bond donors (Lipinski definition) is 1. The molecule has 0 aliphatic carbocycles. The standard InChI is InChI=1S/C20H21N3O7S/c1-14(24)30-18-4-2-3-15(13-18)20(25)22-11-9-16(10-12-22)21-31(28,29)19-7-5-17(6-8-19)23(26)27/h2-8,13,16,21H,9-12H2,1H3. The Morgan fingerprint density at radius 2 is 1.77 bits per heavy atom. The van der Waals surface area contributed by atoms with Crippen LogP contribution in [-0.2, 0) is 14.8 Å². The van der Waals surface area contributed by atoms with Gasteiger partial charge in [-0.15, -0.1) is 0 Å². The molecule has 10 nitrogen and oxygen atoms in total. The number of nitro benzene ring substituents is 1. The van der Waals surface area contributed by atoms with Gasteiger partial charge < -0.3 is 9.64 Å². The topological polar surface area (TPSA) is 136 Å². The van der Waals surface area contributed by atoms with Gasteiger partial charge >= 0.3 is 5.97 Å². The summed E-state index contributed by atoms with van der Waals surface area (Å²) in [5.41, 5.74) is 0.187.